The zero-order valence-corrected chi connectivity index (χ0v) is 18.7. The summed E-state index contributed by atoms with van der Waals surface area (Å²) in [5.41, 5.74) is 2.82. The van der Waals surface area contributed by atoms with Gasteiger partial charge in [-0.15, -0.1) is 11.3 Å². The predicted octanol–water partition coefficient (Wildman–Crippen LogP) is 5.37. The SMILES string of the molecule is O=C(Cc1csc(Nc2ccc(Cl)cn2)n1)NCc1ccc(OCc2ccccc2)cc1. The van der Waals surface area contributed by atoms with Gasteiger partial charge in [0.25, 0.3) is 0 Å². The van der Waals surface area contributed by atoms with Gasteiger partial charge in [-0.3, -0.25) is 4.79 Å². The second-order valence-electron chi connectivity index (χ2n) is 7.00. The molecule has 0 radical (unpaired) electrons. The first-order chi connectivity index (χ1) is 15.6. The molecule has 0 unspecified atom stereocenters. The number of carbonyl (C=O) groups excluding carboxylic acids is 1. The van der Waals surface area contributed by atoms with Gasteiger partial charge in [-0.05, 0) is 35.4 Å². The van der Waals surface area contributed by atoms with Crippen molar-refractivity contribution in [2.24, 2.45) is 0 Å². The Labute approximate surface area is 195 Å². The third kappa shape index (κ3) is 6.54. The molecule has 0 aliphatic carbocycles. The topological polar surface area (TPSA) is 76.1 Å². The van der Waals surface area contributed by atoms with Crippen LogP contribution in [-0.4, -0.2) is 15.9 Å². The summed E-state index contributed by atoms with van der Waals surface area (Å²) < 4.78 is 5.79. The summed E-state index contributed by atoms with van der Waals surface area (Å²) in [4.78, 5) is 20.9. The highest BCUT2D eigenvalue weighted by molar-refractivity contribution is 7.13. The summed E-state index contributed by atoms with van der Waals surface area (Å²) in [5, 5.41) is 9.13. The van der Waals surface area contributed by atoms with Crippen molar-refractivity contribution in [3.05, 3.63) is 100 Å². The fourth-order valence-corrected chi connectivity index (χ4v) is 3.71. The number of thiazole rings is 1. The molecule has 32 heavy (non-hydrogen) atoms. The standard InChI is InChI=1S/C24H21ClN4O2S/c25-19-8-11-22(26-14-19)29-24-28-20(16-32-24)12-23(30)27-13-17-6-9-21(10-7-17)31-15-18-4-2-1-3-5-18/h1-11,14,16H,12-13,15H2,(H,27,30)(H,26,28,29). The van der Waals surface area contributed by atoms with Crippen molar-refractivity contribution in [2.75, 3.05) is 5.32 Å². The molecule has 0 aliphatic rings. The number of benzene rings is 2. The van der Waals surface area contributed by atoms with E-state index in [0.29, 0.717) is 34.8 Å². The monoisotopic (exact) mass is 464 g/mol. The van der Waals surface area contributed by atoms with Crippen LogP contribution in [0.15, 0.2) is 78.3 Å². The fourth-order valence-electron chi connectivity index (χ4n) is 2.88. The van der Waals surface area contributed by atoms with Crippen LogP contribution in [0.4, 0.5) is 10.9 Å². The lowest BCUT2D eigenvalue weighted by molar-refractivity contribution is -0.120. The molecule has 0 atom stereocenters. The molecule has 8 heteroatoms. The van der Waals surface area contributed by atoms with Crippen LogP contribution in [-0.2, 0) is 24.4 Å². The van der Waals surface area contributed by atoms with Gasteiger partial charge in [0.15, 0.2) is 5.13 Å². The van der Waals surface area contributed by atoms with Gasteiger partial charge in [-0.1, -0.05) is 54.1 Å². The van der Waals surface area contributed by atoms with Gasteiger partial charge in [-0.2, -0.15) is 0 Å². The van der Waals surface area contributed by atoms with Crippen LogP contribution >= 0.6 is 22.9 Å². The number of halogens is 1. The molecule has 2 aromatic carbocycles. The highest BCUT2D eigenvalue weighted by Gasteiger charge is 2.09. The van der Waals surface area contributed by atoms with E-state index >= 15 is 0 Å². The van der Waals surface area contributed by atoms with E-state index in [1.165, 1.54) is 11.3 Å². The zero-order valence-electron chi connectivity index (χ0n) is 17.1. The van der Waals surface area contributed by atoms with Crippen molar-refractivity contribution < 1.29 is 9.53 Å². The van der Waals surface area contributed by atoms with E-state index in [4.69, 9.17) is 16.3 Å². The molecule has 2 aromatic heterocycles. The van der Waals surface area contributed by atoms with Gasteiger partial charge in [-0.25, -0.2) is 9.97 Å². The summed E-state index contributed by atoms with van der Waals surface area (Å²) in [5.74, 6) is 1.36. The van der Waals surface area contributed by atoms with Gasteiger partial charge in [0.05, 0.1) is 17.1 Å². The Morgan fingerprint density at radius 2 is 1.81 bits per heavy atom. The number of rotatable bonds is 9. The molecular formula is C24H21ClN4O2S. The summed E-state index contributed by atoms with van der Waals surface area (Å²) in [6, 6.07) is 21.3. The summed E-state index contributed by atoms with van der Waals surface area (Å²) in [6.45, 7) is 0.969. The molecule has 2 N–H and O–H groups in total. The molecule has 4 aromatic rings. The molecule has 6 nitrogen and oxygen atoms in total. The van der Waals surface area contributed by atoms with Gasteiger partial charge < -0.3 is 15.4 Å². The van der Waals surface area contributed by atoms with Crippen LogP contribution in [0.5, 0.6) is 5.75 Å². The van der Waals surface area contributed by atoms with E-state index in [0.717, 1.165) is 16.9 Å². The van der Waals surface area contributed by atoms with E-state index < -0.39 is 0 Å². The highest BCUT2D eigenvalue weighted by Crippen LogP contribution is 2.21. The Bertz CT molecular complexity index is 1150. The van der Waals surface area contributed by atoms with Crippen molar-refractivity contribution in [3.8, 4) is 5.75 Å². The summed E-state index contributed by atoms with van der Waals surface area (Å²) in [7, 11) is 0. The van der Waals surface area contributed by atoms with Crippen LogP contribution in [0, 0.1) is 0 Å². The summed E-state index contributed by atoms with van der Waals surface area (Å²) >= 11 is 7.26. The summed E-state index contributed by atoms with van der Waals surface area (Å²) in [6.07, 6.45) is 1.78. The van der Waals surface area contributed by atoms with E-state index in [9.17, 15) is 4.79 Å². The quantitative estimate of drug-likeness (QED) is 0.348. The van der Waals surface area contributed by atoms with E-state index in [1.54, 1.807) is 18.3 Å². The number of carbonyl (C=O) groups is 1. The maximum atomic E-state index is 12.3. The Balaban J connectivity index is 1.21. The minimum absolute atomic E-state index is 0.0872. The number of nitrogens with zero attached hydrogens (tertiary/aromatic N) is 2. The lowest BCUT2D eigenvalue weighted by Crippen LogP contribution is -2.24. The van der Waals surface area contributed by atoms with Gasteiger partial charge >= 0.3 is 0 Å². The minimum atomic E-state index is -0.0872. The molecule has 0 saturated heterocycles. The van der Waals surface area contributed by atoms with Crippen molar-refractivity contribution >= 4 is 39.8 Å². The Morgan fingerprint density at radius 3 is 2.56 bits per heavy atom. The number of aromatic nitrogens is 2. The molecule has 0 bridgehead atoms. The highest BCUT2D eigenvalue weighted by atomic mass is 35.5. The van der Waals surface area contributed by atoms with Crippen LogP contribution in [0.25, 0.3) is 0 Å². The molecule has 0 aliphatic heterocycles. The van der Waals surface area contributed by atoms with Crippen LogP contribution in [0.1, 0.15) is 16.8 Å². The van der Waals surface area contributed by atoms with E-state index in [1.807, 2.05) is 60.0 Å². The van der Waals surface area contributed by atoms with E-state index in [2.05, 4.69) is 20.6 Å². The predicted molar refractivity (Wildman–Crippen MR) is 127 cm³/mol. The van der Waals surface area contributed by atoms with Gasteiger partial charge in [0.2, 0.25) is 5.91 Å². The minimum Gasteiger partial charge on any atom is -0.489 e. The van der Waals surface area contributed by atoms with E-state index in [-0.39, 0.29) is 12.3 Å². The average molecular weight is 465 g/mol. The van der Waals surface area contributed by atoms with Gasteiger partial charge in [0.1, 0.15) is 18.2 Å². The Morgan fingerprint density at radius 1 is 1.00 bits per heavy atom. The molecular weight excluding hydrogens is 444 g/mol. The largest absolute Gasteiger partial charge is 0.489 e. The number of anilines is 2. The van der Waals surface area contributed by atoms with Crippen LogP contribution in [0.2, 0.25) is 5.02 Å². The normalized spacial score (nSPS) is 10.5. The van der Waals surface area contributed by atoms with Crippen LogP contribution in [0.3, 0.4) is 0 Å². The Kier molecular flexibility index (Phi) is 7.32. The lowest BCUT2D eigenvalue weighted by Gasteiger charge is -2.08. The number of amides is 1. The number of ether oxygens (including phenoxy) is 1. The molecule has 0 fully saturated rings. The van der Waals surface area contributed by atoms with Crippen molar-refractivity contribution in [1.29, 1.82) is 0 Å². The average Bonchev–Trinajstić information content (AvgIpc) is 3.26. The molecule has 1 amide bonds. The Hall–Kier alpha value is -3.42. The second kappa shape index (κ2) is 10.7. The van der Waals surface area contributed by atoms with Gasteiger partial charge in [0, 0.05) is 18.1 Å². The zero-order chi connectivity index (χ0) is 22.2. The van der Waals surface area contributed by atoms with Crippen molar-refractivity contribution in [2.45, 2.75) is 19.6 Å². The first-order valence-corrected chi connectivity index (χ1v) is 11.3. The van der Waals surface area contributed by atoms with Crippen molar-refractivity contribution in [3.63, 3.8) is 0 Å². The first kappa shape index (κ1) is 21.8. The molecule has 2 heterocycles. The first-order valence-electron chi connectivity index (χ1n) is 9.99. The smallest absolute Gasteiger partial charge is 0.226 e. The second-order valence-corrected chi connectivity index (χ2v) is 8.30. The molecule has 0 saturated carbocycles. The number of pyridine rings is 1. The molecule has 162 valence electrons. The maximum absolute atomic E-state index is 12.3. The number of hydrogen-bond acceptors (Lipinski definition) is 6. The molecule has 0 spiro atoms. The lowest BCUT2D eigenvalue weighted by atomic mass is 10.2. The third-order valence-electron chi connectivity index (χ3n) is 4.52. The van der Waals surface area contributed by atoms with Crippen molar-refractivity contribution in [1.82, 2.24) is 15.3 Å². The molecule has 4 rings (SSSR count). The van der Waals surface area contributed by atoms with Crippen LogP contribution < -0.4 is 15.4 Å². The fraction of sp³-hybridized carbons (Fsp3) is 0.125. The number of hydrogen-bond donors (Lipinski definition) is 2. The maximum Gasteiger partial charge on any atom is 0.226 e. The third-order valence-corrected chi connectivity index (χ3v) is 5.55. The number of nitrogens with one attached hydrogen (secondary N) is 2.